The molecule has 0 saturated heterocycles. The molecule has 0 aliphatic carbocycles. The number of hydrogen-bond acceptors (Lipinski definition) is 5. The third kappa shape index (κ3) is 3.91. The summed E-state index contributed by atoms with van der Waals surface area (Å²) in [6.45, 7) is 6.26. The molecule has 20 heavy (non-hydrogen) atoms. The molecule has 8 heteroatoms. The van der Waals surface area contributed by atoms with Gasteiger partial charge in [-0.05, 0) is 32.9 Å². The molecule has 0 radical (unpaired) electrons. The summed E-state index contributed by atoms with van der Waals surface area (Å²) in [6.07, 6.45) is 1.16. The summed E-state index contributed by atoms with van der Waals surface area (Å²) in [6, 6.07) is 1.91. The molecule has 1 aromatic heterocycles. The van der Waals surface area contributed by atoms with E-state index >= 15 is 0 Å². The zero-order valence-corrected chi connectivity index (χ0v) is 12.6. The summed E-state index contributed by atoms with van der Waals surface area (Å²) in [5.41, 5.74) is 5.41. The van der Waals surface area contributed by atoms with Crippen molar-refractivity contribution in [3.05, 3.63) is 18.3 Å². The summed E-state index contributed by atoms with van der Waals surface area (Å²) >= 11 is 0. The third-order valence-electron chi connectivity index (χ3n) is 2.85. The number of anilines is 1. The van der Waals surface area contributed by atoms with Gasteiger partial charge in [0.05, 0.1) is 6.04 Å². The van der Waals surface area contributed by atoms with E-state index in [1.165, 1.54) is 19.1 Å². The lowest BCUT2D eigenvalue weighted by Crippen LogP contribution is -2.46. The van der Waals surface area contributed by atoms with Gasteiger partial charge in [0, 0.05) is 19.3 Å². The quantitative estimate of drug-likeness (QED) is 0.780. The van der Waals surface area contributed by atoms with Crippen LogP contribution in [0.1, 0.15) is 20.8 Å². The Morgan fingerprint density at radius 1 is 1.40 bits per heavy atom. The molecule has 1 rings (SSSR count). The van der Waals surface area contributed by atoms with Gasteiger partial charge in [0.1, 0.15) is 10.7 Å². The van der Waals surface area contributed by atoms with Gasteiger partial charge in [0.15, 0.2) is 0 Å². The fourth-order valence-corrected chi connectivity index (χ4v) is 2.85. The molecule has 0 aromatic carbocycles. The highest BCUT2D eigenvalue weighted by Crippen LogP contribution is 2.09. The van der Waals surface area contributed by atoms with Crippen LogP contribution in [0.4, 0.5) is 5.82 Å². The van der Waals surface area contributed by atoms with Crippen LogP contribution in [-0.2, 0) is 14.8 Å². The number of nitrogens with one attached hydrogen (secondary N) is 1. The molecule has 3 N–H and O–H groups in total. The molecule has 7 nitrogen and oxygen atoms in total. The molecule has 0 aliphatic rings. The van der Waals surface area contributed by atoms with Gasteiger partial charge in [-0.2, -0.15) is 4.72 Å². The predicted molar refractivity (Wildman–Crippen MR) is 76.4 cm³/mol. The Labute approximate surface area is 119 Å². The molecule has 0 fully saturated rings. The second-order valence-electron chi connectivity index (χ2n) is 4.27. The number of nitrogens with two attached hydrogens (primary N) is 1. The zero-order chi connectivity index (χ0) is 15.3. The average molecular weight is 300 g/mol. The first kappa shape index (κ1) is 16.4. The molecule has 0 aliphatic heterocycles. The second kappa shape index (κ2) is 6.67. The van der Waals surface area contributed by atoms with Gasteiger partial charge in [-0.25, -0.2) is 13.4 Å². The first-order valence-corrected chi connectivity index (χ1v) is 7.82. The topological polar surface area (TPSA) is 105 Å². The lowest BCUT2D eigenvalue weighted by atomic mass is 10.3. The Morgan fingerprint density at radius 2 is 2.00 bits per heavy atom. The number of hydrogen-bond donors (Lipinski definition) is 2. The number of carbonyl (C=O) groups is 1. The van der Waals surface area contributed by atoms with Crippen LogP contribution in [0.15, 0.2) is 23.2 Å². The minimum Gasteiger partial charge on any atom is -0.384 e. The van der Waals surface area contributed by atoms with Crippen LogP contribution < -0.4 is 10.5 Å². The lowest BCUT2D eigenvalue weighted by molar-refractivity contribution is -0.132. The average Bonchev–Trinajstić information content (AvgIpc) is 2.40. The number of sulfonamides is 1. The van der Waals surface area contributed by atoms with E-state index in [9.17, 15) is 13.2 Å². The van der Waals surface area contributed by atoms with Crippen LogP contribution in [0.2, 0.25) is 0 Å². The number of pyridine rings is 1. The van der Waals surface area contributed by atoms with Crippen molar-refractivity contribution >= 4 is 21.7 Å². The molecule has 1 unspecified atom stereocenters. The van der Waals surface area contributed by atoms with E-state index in [1.807, 2.05) is 13.8 Å². The summed E-state index contributed by atoms with van der Waals surface area (Å²) in [7, 11) is -3.79. The molecule has 0 saturated carbocycles. The summed E-state index contributed by atoms with van der Waals surface area (Å²) in [5, 5.41) is 0. The molecule has 112 valence electrons. The number of carbonyl (C=O) groups excluding carboxylic acids is 1. The van der Waals surface area contributed by atoms with Crippen molar-refractivity contribution in [1.29, 1.82) is 0 Å². The zero-order valence-electron chi connectivity index (χ0n) is 11.8. The van der Waals surface area contributed by atoms with Crippen molar-refractivity contribution in [3.63, 3.8) is 0 Å². The maximum Gasteiger partial charge on any atom is 0.242 e. The van der Waals surface area contributed by atoms with E-state index < -0.39 is 16.1 Å². The molecular formula is C12H20N4O3S. The number of likely N-dealkylation sites (N-methyl/N-ethyl adjacent to an activating group) is 1. The summed E-state index contributed by atoms with van der Waals surface area (Å²) in [5.74, 6) is -0.0294. The van der Waals surface area contributed by atoms with Gasteiger partial charge in [-0.1, -0.05) is 0 Å². The highest BCUT2D eigenvalue weighted by atomic mass is 32.2. The van der Waals surface area contributed by atoms with E-state index in [2.05, 4.69) is 9.71 Å². The van der Waals surface area contributed by atoms with Crippen LogP contribution in [0.25, 0.3) is 0 Å². The van der Waals surface area contributed by atoms with E-state index in [0.717, 1.165) is 6.20 Å². The fourth-order valence-electron chi connectivity index (χ4n) is 1.71. The predicted octanol–water partition coefficient (Wildman–Crippen LogP) is 0.199. The second-order valence-corrected chi connectivity index (χ2v) is 5.99. The number of amides is 1. The van der Waals surface area contributed by atoms with E-state index in [-0.39, 0.29) is 16.6 Å². The normalized spacial score (nSPS) is 12.9. The Kier molecular flexibility index (Phi) is 5.46. The summed E-state index contributed by atoms with van der Waals surface area (Å²) < 4.78 is 26.5. The first-order valence-electron chi connectivity index (χ1n) is 6.34. The van der Waals surface area contributed by atoms with Gasteiger partial charge in [-0.15, -0.1) is 0 Å². The number of aromatic nitrogens is 1. The molecule has 1 aromatic rings. The van der Waals surface area contributed by atoms with Gasteiger partial charge in [0.25, 0.3) is 0 Å². The highest BCUT2D eigenvalue weighted by Gasteiger charge is 2.24. The molecular weight excluding hydrogens is 280 g/mol. The van der Waals surface area contributed by atoms with Gasteiger partial charge >= 0.3 is 0 Å². The molecule has 1 amide bonds. The maximum absolute atomic E-state index is 12.1. The Balaban J connectivity index is 2.85. The Hall–Kier alpha value is -1.67. The van der Waals surface area contributed by atoms with Crippen molar-refractivity contribution in [2.75, 3.05) is 18.8 Å². The van der Waals surface area contributed by atoms with Crippen molar-refractivity contribution in [2.45, 2.75) is 31.7 Å². The van der Waals surface area contributed by atoms with Gasteiger partial charge in [0.2, 0.25) is 15.9 Å². The third-order valence-corrected chi connectivity index (χ3v) is 4.37. The SMILES string of the molecule is CCN(CC)C(=O)C(C)NS(=O)(=O)c1ccc(N)nc1. The number of nitrogen functional groups attached to an aromatic ring is 1. The van der Waals surface area contributed by atoms with Crippen molar-refractivity contribution in [3.8, 4) is 0 Å². The summed E-state index contributed by atoms with van der Waals surface area (Å²) in [4.78, 5) is 17.3. The van der Waals surface area contributed by atoms with Crippen molar-refractivity contribution < 1.29 is 13.2 Å². The number of nitrogens with zero attached hydrogens (tertiary/aromatic N) is 2. The van der Waals surface area contributed by atoms with E-state index in [4.69, 9.17) is 5.73 Å². The Bertz CT molecular complexity index is 553. The smallest absolute Gasteiger partial charge is 0.242 e. The highest BCUT2D eigenvalue weighted by molar-refractivity contribution is 7.89. The van der Waals surface area contributed by atoms with Gasteiger partial charge < -0.3 is 10.6 Å². The molecule has 1 atom stereocenters. The van der Waals surface area contributed by atoms with E-state index in [1.54, 1.807) is 4.90 Å². The first-order chi connectivity index (χ1) is 9.31. The molecule has 0 bridgehead atoms. The van der Waals surface area contributed by atoms with Crippen molar-refractivity contribution in [2.24, 2.45) is 0 Å². The minimum absolute atomic E-state index is 0.0223. The molecule has 1 heterocycles. The van der Waals surface area contributed by atoms with E-state index in [0.29, 0.717) is 13.1 Å². The standard InChI is InChI=1S/C12H20N4O3S/c1-4-16(5-2)12(17)9(3)15-20(18,19)10-6-7-11(13)14-8-10/h6-9,15H,4-5H2,1-3H3,(H2,13,14). The largest absolute Gasteiger partial charge is 0.384 e. The lowest BCUT2D eigenvalue weighted by Gasteiger charge is -2.23. The van der Waals surface area contributed by atoms with Crippen LogP contribution >= 0.6 is 0 Å². The van der Waals surface area contributed by atoms with Crippen LogP contribution in [0, 0.1) is 0 Å². The number of rotatable bonds is 6. The van der Waals surface area contributed by atoms with Crippen LogP contribution in [0.5, 0.6) is 0 Å². The van der Waals surface area contributed by atoms with Crippen LogP contribution in [0.3, 0.4) is 0 Å². The maximum atomic E-state index is 12.1. The molecule has 0 spiro atoms. The fraction of sp³-hybridized carbons (Fsp3) is 0.500. The monoisotopic (exact) mass is 300 g/mol. The van der Waals surface area contributed by atoms with Crippen LogP contribution in [-0.4, -0.2) is 43.3 Å². The minimum atomic E-state index is -3.79. The Morgan fingerprint density at radius 3 is 2.45 bits per heavy atom. The van der Waals surface area contributed by atoms with Gasteiger partial charge in [-0.3, -0.25) is 4.79 Å². The van der Waals surface area contributed by atoms with Crippen molar-refractivity contribution in [1.82, 2.24) is 14.6 Å².